The van der Waals surface area contributed by atoms with E-state index in [1.54, 1.807) is 11.5 Å². The van der Waals surface area contributed by atoms with Crippen molar-refractivity contribution in [2.45, 2.75) is 13.8 Å². The largest absolute Gasteiger partial charge is 0.452 e. The van der Waals surface area contributed by atoms with Crippen LogP contribution in [-0.4, -0.2) is 28.0 Å². The van der Waals surface area contributed by atoms with Crippen molar-refractivity contribution in [3.8, 4) is 11.8 Å². The van der Waals surface area contributed by atoms with E-state index in [-0.39, 0.29) is 21.5 Å². The Hall–Kier alpha value is -3.97. The maximum atomic E-state index is 12.5. The first-order chi connectivity index (χ1) is 15.2. The molecular weight excluding hydrogens is 480 g/mol. The second kappa shape index (κ2) is 9.45. The third-order valence-corrected chi connectivity index (χ3v) is 5.48. The van der Waals surface area contributed by atoms with Gasteiger partial charge in [-0.05, 0) is 59.6 Å². The Morgan fingerprint density at radius 2 is 1.91 bits per heavy atom. The molecule has 1 aromatic heterocycles. The van der Waals surface area contributed by atoms with Crippen LogP contribution in [0.1, 0.15) is 27.2 Å². The molecule has 0 radical (unpaired) electrons. The minimum absolute atomic E-state index is 0.0650. The number of halogens is 1. The van der Waals surface area contributed by atoms with Crippen LogP contribution < -0.4 is 5.32 Å². The van der Waals surface area contributed by atoms with Gasteiger partial charge in [0.25, 0.3) is 11.6 Å². The molecule has 162 valence electrons. The van der Waals surface area contributed by atoms with Crippen molar-refractivity contribution in [3.05, 3.63) is 85.5 Å². The number of para-hydroxylation sites is 1. The number of nitrogens with one attached hydrogen (secondary N) is 1. The van der Waals surface area contributed by atoms with Crippen LogP contribution in [0, 0.1) is 35.3 Å². The lowest BCUT2D eigenvalue weighted by molar-refractivity contribution is -0.385. The van der Waals surface area contributed by atoms with Crippen LogP contribution in [0.15, 0.2) is 53.0 Å². The van der Waals surface area contributed by atoms with Crippen molar-refractivity contribution in [2.24, 2.45) is 0 Å². The van der Waals surface area contributed by atoms with Gasteiger partial charge in [-0.2, -0.15) is 5.26 Å². The number of anilines is 1. The standard InChI is InChI=1S/C22H17BrN4O5/c1-13-14(2)26(16-6-4-3-5-7-16)21(17(13)11-24)25-20(28)12-32-22(29)15-8-9-18(23)19(10-15)27(30)31/h3-10H,12H2,1-2H3,(H,25,28). The number of nitriles is 1. The summed E-state index contributed by atoms with van der Waals surface area (Å²) in [4.78, 5) is 35.2. The molecule has 3 rings (SSSR count). The van der Waals surface area contributed by atoms with E-state index in [0.717, 1.165) is 17.4 Å². The van der Waals surface area contributed by atoms with Crippen molar-refractivity contribution >= 4 is 39.3 Å². The molecule has 9 nitrogen and oxygen atoms in total. The number of rotatable bonds is 6. The third-order valence-electron chi connectivity index (χ3n) is 4.81. The summed E-state index contributed by atoms with van der Waals surface area (Å²) >= 11 is 3.04. The summed E-state index contributed by atoms with van der Waals surface area (Å²) in [6, 6.07) is 15.1. The van der Waals surface area contributed by atoms with Crippen molar-refractivity contribution in [1.82, 2.24) is 4.57 Å². The molecule has 0 aliphatic heterocycles. The fraction of sp³-hybridized carbons (Fsp3) is 0.136. The number of hydrogen-bond donors (Lipinski definition) is 1. The van der Waals surface area contributed by atoms with Crippen LogP contribution >= 0.6 is 15.9 Å². The highest BCUT2D eigenvalue weighted by Crippen LogP contribution is 2.30. The SMILES string of the molecule is Cc1c(C#N)c(NC(=O)COC(=O)c2ccc(Br)c([N+](=O)[O-])c2)n(-c2ccccc2)c1C. The highest BCUT2D eigenvalue weighted by molar-refractivity contribution is 9.10. The molecule has 32 heavy (non-hydrogen) atoms. The molecular formula is C22H17BrN4O5. The topological polar surface area (TPSA) is 127 Å². The van der Waals surface area contributed by atoms with E-state index in [9.17, 15) is 25.0 Å². The Bertz CT molecular complexity index is 1260. The van der Waals surface area contributed by atoms with E-state index < -0.39 is 23.4 Å². The number of nitro benzene ring substituents is 1. The summed E-state index contributed by atoms with van der Waals surface area (Å²) in [6.45, 7) is 2.98. The number of ether oxygens (including phenoxy) is 1. The van der Waals surface area contributed by atoms with E-state index in [4.69, 9.17) is 4.74 Å². The van der Waals surface area contributed by atoms with Gasteiger partial charge in [0.15, 0.2) is 6.61 Å². The van der Waals surface area contributed by atoms with Crippen LogP contribution in [0.3, 0.4) is 0 Å². The lowest BCUT2D eigenvalue weighted by Crippen LogP contribution is -2.23. The molecule has 0 saturated heterocycles. The Labute approximate surface area is 191 Å². The minimum Gasteiger partial charge on any atom is -0.452 e. The van der Waals surface area contributed by atoms with Crippen molar-refractivity contribution < 1.29 is 19.2 Å². The first-order valence-electron chi connectivity index (χ1n) is 9.33. The molecule has 0 bridgehead atoms. The maximum Gasteiger partial charge on any atom is 0.338 e. The van der Waals surface area contributed by atoms with Gasteiger partial charge >= 0.3 is 5.97 Å². The van der Waals surface area contributed by atoms with Crippen molar-refractivity contribution in [3.63, 3.8) is 0 Å². The molecule has 0 aliphatic carbocycles. The molecule has 0 spiro atoms. The molecule has 0 unspecified atom stereocenters. The minimum atomic E-state index is -0.887. The fourth-order valence-corrected chi connectivity index (χ4v) is 3.51. The highest BCUT2D eigenvalue weighted by Gasteiger charge is 2.22. The molecule has 0 aliphatic rings. The number of aromatic nitrogens is 1. The lowest BCUT2D eigenvalue weighted by Gasteiger charge is -2.13. The molecule has 0 saturated carbocycles. The second-order valence-electron chi connectivity index (χ2n) is 6.76. The Morgan fingerprint density at radius 3 is 2.53 bits per heavy atom. The molecule has 10 heteroatoms. The van der Waals surface area contributed by atoms with Crippen LogP contribution in [0.2, 0.25) is 0 Å². The summed E-state index contributed by atoms with van der Waals surface area (Å²) < 4.78 is 6.97. The first kappa shape index (κ1) is 22.7. The molecule has 2 aromatic carbocycles. The average molecular weight is 497 g/mol. The van der Waals surface area contributed by atoms with E-state index in [1.807, 2.05) is 37.3 Å². The summed E-state index contributed by atoms with van der Waals surface area (Å²) in [6.07, 6.45) is 0. The number of benzene rings is 2. The highest BCUT2D eigenvalue weighted by atomic mass is 79.9. The predicted octanol–water partition coefficient (Wildman–Crippen LogP) is 4.43. The van der Waals surface area contributed by atoms with Gasteiger partial charge in [0.1, 0.15) is 11.9 Å². The Balaban J connectivity index is 1.79. The van der Waals surface area contributed by atoms with Crippen LogP contribution in [0.4, 0.5) is 11.5 Å². The third kappa shape index (κ3) is 4.53. The zero-order chi connectivity index (χ0) is 23.4. The first-order valence-corrected chi connectivity index (χ1v) is 10.1. The summed E-state index contributed by atoms with van der Waals surface area (Å²) in [5, 5.41) is 23.3. The van der Waals surface area contributed by atoms with E-state index in [2.05, 4.69) is 27.3 Å². The molecule has 0 fully saturated rings. The number of esters is 1. The van der Waals surface area contributed by atoms with Gasteiger partial charge in [0.05, 0.1) is 20.5 Å². The summed E-state index contributed by atoms with van der Waals surface area (Å²) in [7, 11) is 0. The number of amides is 1. The Kier molecular flexibility index (Phi) is 6.70. The Morgan fingerprint density at radius 1 is 1.22 bits per heavy atom. The lowest BCUT2D eigenvalue weighted by atomic mass is 10.2. The zero-order valence-corrected chi connectivity index (χ0v) is 18.7. The normalized spacial score (nSPS) is 10.3. The van der Waals surface area contributed by atoms with Gasteiger partial charge in [0.2, 0.25) is 0 Å². The van der Waals surface area contributed by atoms with Crippen LogP contribution in [0.25, 0.3) is 5.69 Å². The average Bonchev–Trinajstić information content (AvgIpc) is 3.01. The summed E-state index contributed by atoms with van der Waals surface area (Å²) in [5.74, 6) is -1.27. The van der Waals surface area contributed by atoms with Gasteiger partial charge in [0, 0.05) is 17.4 Å². The van der Waals surface area contributed by atoms with E-state index in [1.165, 1.54) is 12.1 Å². The van der Waals surface area contributed by atoms with E-state index in [0.29, 0.717) is 11.1 Å². The second-order valence-corrected chi connectivity index (χ2v) is 7.62. The molecule has 1 heterocycles. The number of nitrogens with zero attached hydrogens (tertiary/aromatic N) is 3. The molecule has 3 aromatic rings. The summed E-state index contributed by atoms with van der Waals surface area (Å²) in [5.41, 5.74) is 2.19. The predicted molar refractivity (Wildman–Crippen MR) is 120 cm³/mol. The number of carbonyl (C=O) groups is 2. The zero-order valence-electron chi connectivity index (χ0n) is 17.1. The van der Waals surface area contributed by atoms with E-state index >= 15 is 0 Å². The molecule has 0 atom stereocenters. The fourth-order valence-electron chi connectivity index (χ4n) is 3.12. The number of hydrogen-bond acceptors (Lipinski definition) is 6. The molecule has 1 amide bonds. The quantitative estimate of drug-likeness (QED) is 0.305. The smallest absolute Gasteiger partial charge is 0.338 e. The van der Waals surface area contributed by atoms with Crippen LogP contribution in [0.5, 0.6) is 0 Å². The van der Waals surface area contributed by atoms with Gasteiger partial charge in [-0.15, -0.1) is 0 Å². The van der Waals surface area contributed by atoms with Gasteiger partial charge in [-0.1, -0.05) is 18.2 Å². The van der Waals surface area contributed by atoms with Crippen LogP contribution in [-0.2, 0) is 9.53 Å². The number of carbonyl (C=O) groups excluding carboxylic acids is 2. The monoisotopic (exact) mass is 496 g/mol. The molecule has 1 N–H and O–H groups in total. The number of nitro groups is 1. The maximum absolute atomic E-state index is 12.5. The van der Waals surface area contributed by atoms with Crippen molar-refractivity contribution in [1.29, 1.82) is 5.26 Å². The van der Waals surface area contributed by atoms with Gasteiger partial charge < -0.3 is 10.1 Å². The van der Waals surface area contributed by atoms with Crippen molar-refractivity contribution in [2.75, 3.05) is 11.9 Å². The van der Waals surface area contributed by atoms with Gasteiger partial charge in [-0.3, -0.25) is 19.5 Å². The van der Waals surface area contributed by atoms with Gasteiger partial charge in [-0.25, -0.2) is 4.79 Å².